The Bertz CT molecular complexity index is 879. The Kier molecular flexibility index (Phi) is 5.56. The van der Waals surface area contributed by atoms with Crippen LogP contribution in [0.3, 0.4) is 0 Å². The number of amides is 1. The Hall–Kier alpha value is -3.29. The van der Waals surface area contributed by atoms with Gasteiger partial charge in [-0.1, -0.05) is 36.4 Å². The minimum absolute atomic E-state index is 0.148. The molecule has 0 radical (unpaired) electrons. The van der Waals surface area contributed by atoms with E-state index in [0.29, 0.717) is 24.8 Å². The van der Waals surface area contributed by atoms with Crippen LogP contribution in [-0.4, -0.2) is 37.7 Å². The van der Waals surface area contributed by atoms with E-state index in [0.717, 1.165) is 17.7 Å². The van der Waals surface area contributed by atoms with E-state index in [1.807, 2.05) is 42.5 Å². The average Bonchev–Trinajstić information content (AvgIpc) is 3.42. The molecule has 1 N–H and O–H groups in total. The molecule has 1 aliphatic rings. The number of hydrogen-bond donors (Lipinski definition) is 1. The quantitative estimate of drug-likeness (QED) is 0.612. The van der Waals surface area contributed by atoms with Gasteiger partial charge in [-0.2, -0.15) is 0 Å². The molecule has 1 aliphatic carbocycles. The number of carbonyl (C=O) groups is 1. The first-order valence-corrected chi connectivity index (χ1v) is 9.40. The summed E-state index contributed by atoms with van der Waals surface area (Å²) in [7, 11) is 0. The second-order valence-corrected chi connectivity index (χ2v) is 6.97. The lowest BCUT2D eigenvalue weighted by molar-refractivity contribution is -0.124. The number of pyridine rings is 1. The average molecular weight is 378 g/mol. The van der Waals surface area contributed by atoms with Crippen molar-refractivity contribution in [3.8, 4) is 5.88 Å². The van der Waals surface area contributed by atoms with Gasteiger partial charge >= 0.3 is 0 Å². The van der Waals surface area contributed by atoms with Crippen LogP contribution in [0.1, 0.15) is 30.0 Å². The SMILES string of the molecule is O=C(NCc1ccc(OCC2CC2)nc1)C(Cc1ccccc1)n1cnnn1. The summed E-state index contributed by atoms with van der Waals surface area (Å²) in [6.07, 6.45) is 6.18. The summed E-state index contributed by atoms with van der Waals surface area (Å²) in [4.78, 5) is 17.1. The molecule has 0 spiro atoms. The number of ether oxygens (including phenoxy) is 1. The minimum Gasteiger partial charge on any atom is -0.477 e. The van der Waals surface area contributed by atoms with Crippen LogP contribution in [0.5, 0.6) is 5.88 Å². The van der Waals surface area contributed by atoms with Crippen molar-refractivity contribution in [1.82, 2.24) is 30.5 Å². The lowest BCUT2D eigenvalue weighted by Gasteiger charge is -2.16. The van der Waals surface area contributed by atoms with Crippen LogP contribution in [0.15, 0.2) is 55.0 Å². The smallest absolute Gasteiger partial charge is 0.245 e. The molecule has 8 heteroatoms. The molecule has 144 valence electrons. The maximum absolute atomic E-state index is 12.8. The zero-order chi connectivity index (χ0) is 19.2. The highest BCUT2D eigenvalue weighted by Gasteiger charge is 2.23. The summed E-state index contributed by atoms with van der Waals surface area (Å²) in [6.45, 7) is 1.11. The summed E-state index contributed by atoms with van der Waals surface area (Å²) >= 11 is 0. The number of rotatable bonds is 9. The van der Waals surface area contributed by atoms with Gasteiger partial charge in [0.15, 0.2) is 0 Å². The highest BCUT2D eigenvalue weighted by Crippen LogP contribution is 2.29. The third-order valence-electron chi connectivity index (χ3n) is 4.69. The fourth-order valence-corrected chi connectivity index (χ4v) is 2.85. The molecule has 0 saturated heterocycles. The topological polar surface area (TPSA) is 94.8 Å². The van der Waals surface area contributed by atoms with E-state index < -0.39 is 6.04 Å². The molecule has 2 heterocycles. The lowest BCUT2D eigenvalue weighted by atomic mass is 10.1. The Labute approximate surface area is 162 Å². The van der Waals surface area contributed by atoms with Crippen molar-refractivity contribution in [2.45, 2.75) is 31.8 Å². The van der Waals surface area contributed by atoms with Crippen LogP contribution >= 0.6 is 0 Å². The molecule has 1 unspecified atom stereocenters. The number of aromatic nitrogens is 5. The van der Waals surface area contributed by atoms with E-state index in [2.05, 4.69) is 25.8 Å². The van der Waals surface area contributed by atoms with Crippen LogP contribution in [0, 0.1) is 5.92 Å². The third-order valence-corrected chi connectivity index (χ3v) is 4.69. The van der Waals surface area contributed by atoms with Gasteiger partial charge in [0.1, 0.15) is 12.4 Å². The highest BCUT2D eigenvalue weighted by molar-refractivity contribution is 5.80. The van der Waals surface area contributed by atoms with Crippen molar-refractivity contribution >= 4 is 5.91 Å². The molecular formula is C20H22N6O2. The molecule has 2 aromatic heterocycles. The molecule has 1 saturated carbocycles. The number of benzene rings is 1. The number of nitrogens with zero attached hydrogens (tertiary/aromatic N) is 5. The van der Waals surface area contributed by atoms with Crippen molar-refractivity contribution in [3.63, 3.8) is 0 Å². The molecule has 0 aliphatic heterocycles. The summed E-state index contributed by atoms with van der Waals surface area (Å²) in [5, 5.41) is 14.2. The van der Waals surface area contributed by atoms with E-state index >= 15 is 0 Å². The van der Waals surface area contributed by atoms with Gasteiger partial charge in [0.25, 0.3) is 0 Å². The third kappa shape index (κ3) is 4.91. The molecule has 1 atom stereocenters. The van der Waals surface area contributed by atoms with Crippen molar-refractivity contribution in [3.05, 3.63) is 66.1 Å². The lowest BCUT2D eigenvalue weighted by Crippen LogP contribution is -2.34. The maximum atomic E-state index is 12.8. The van der Waals surface area contributed by atoms with E-state index in [1.54, 1.807) is 6.20 Å². The predicted octanol–water partition coefficient (Wildman–Crippen LogP) is 1.96. The summed E-state index contributed by atoms with van der Waals surface area (Å²) in [6, 6.07) is 13.0. The van der Waals surface area contributed by atoms with Crippen molar-refractivity contribution in [2.24, 2.45) is 5.92 Å². The first-order valence-electron chi connectivity index (χ1n) is 9.40. The van der Waals surface area contributed by atoms with E-state index in [-0.39, 0.29) is 5.91 Å². The zero-order valence-corrected chi connectivity index (χ0v) is 15.4. The molecule has 1 amide bonds. The Morgan fingerprint density at radius 1 is 1.18 bits per heavy atom. The normalized spacial score (nSPS) is 14.4. The molecule has 1 fully saturated rings. The van der Waals surface area contributed by atoms with Gasteiger partial charge in [-0.3, -0.25) is 4.79 Å². The van der Waals surface area contributed by atoms with Crippen LogP contribution in [-0.2, 0) is 17.8 Å². The predicted molar refractivity (Wildman–Crippen MR) is 101 cm³/mol. The van der Waals surface area contributed by atoms with Crippen molar-refractivity contribution in [1.29, 1.82) is 0 Å². The molecular weight excluding hydrogens is 356 g/mol. The van der Waals surface area contributed by atoms with E-state index in [4.69, 9.17) is 4.74 Å². The van der Waals surface area contributed by atoms with E-state index in [1.165, 1.54) is 23.9 Å². The van der Waals surface area contributed by atoms with Crippen LogP contribution in [0.2, 0.25) is 0 Å². The van der Waals surface area contributed by atoms with Crippen LogP contribution < -0.4 is 10.1 Å². The molecule has 1 aromatic carbocycles. The second kappa shape index (κ2) is 8.60. The van der Waals surface area contributed by atoms with Gasteiger partial charge in [-0.05, 0) is 40.3 Å². The fourth-order valence-electron chi connectivity index (χ4n) is 2.85. The number of nitrogens with one attached hydrogen (secondary N) is 1. The van der Waals surface area contributed by atoms with Crippen molar-refractivity contribution < 1.29 is 9.53 Å². The molecule has 8 nitrogen and oxygen atoms in total. The first kappa shape index (κ1) is 18.1. The Morgan fingerprint density at radius 3 is 2.71 bits per heavy atom. The van der Waals surface area contributed by atoms with Crippen LogP contribution in [0.25, 0.3) is 0 Å². The van der Waals surface area contributed by atoms with Gasteiger partial charge in [0, 0.05) is 25.2 Å². The van der Waals surface area contributed by atoms with Gasteiger partial charge in [0.2, 0.25) is 11.8 Å². The summed E-state index contributed by atoms with van der Waals surface area (Å²) < 4.78 is 7.12. The molecule has 4 rings (SSSR count). The molecule has 3 aromatic rings. The highest BCUT2D eigenvalue weighted by atomic mass is 16.5. The summed E-state index contributed by atoms with van der Waals surface area (Å²) in [5.74, 6) is 1.16. The van der Waals surface area contributed by atoms with Gasteiger partial charge in [-0.15, -0.1) is 5.10 Å². The van der Waals surface area contributed by atoms with Gasteiger partial charge in [0.05, 0.1) is 6.61 Å². The van der Waals surface area contributed by atoms with Crippen molar-refractivity contribution in [2.75, 3.05) is 6.61 Å². The molecule has 0 bridgehead atoms. The van der Waals surface area contributed by atoms with Gasteiger partial charge in [-0.25, -0.2) is 9.67 Å². The number of hydrogen-bond acceptors (Lipinski definition) is 6. The molecule has 28 heavy (non-hydrogen) atoms. The standard InChI is InChI=1S/C20H22N6O2/c27-20(18(26-14-23-24-25-26)10-15-4-2-1-3-5-15)22-12-17-8-9-19(21-11-17)28-13-16-6-7-16/h1-5,8-9,11,14,16,18H,6-7,10,12-13H2,(H,22,27). The minimum atomic E-state index is -0.522. The van der Waals surface area contributed by atoms with E-state index in [9.17, 15) is 4.79 Å². The largest absolute Gasteiger partial charge is 0.477 e. The fraction of sp³-hybridized carbons (Fsp3) is 0.350. The van der Waals surface area contributed by atoms with Crippen LogP contribution in [0.4, 0.5) is 0 Å². The Morgan fingerprint density at radius 2 is 2.04 bits per heavy atom. The van der Waals surface area contributed by atoms with Gasteiger partial charge < -0.3 is 10.1 Å². The number of tetrazole rings is 1. The second-order valence-electron chi connectivity index (χ2n) is 6.97. The number of carbonyl (C=O) groups excluding carboxylic acids is 1. The summed E-state index contributed by atoms with van der Waals surface area (Å²) in [5.41, 5.74) is 1.94. The Balaban J connectivity index is 1.35. The zero-order valence-electron chi connectivity index (χ0n) is 15.4. The first-order chi connectivity index (χ1) is 13.8. The maximum Gasteiger partial charge on any atom is 0.245 e. The monoisotopic (exact) mass is 378 g/mol.